The van der Waals surface area contributed by atoms with E-state index in [-0.39, 0.29) is 11.6 Å². The molecule has 0 aromatic heterocycles. The number of benzene rings is 1. The average Bonchev–Trinajstić information content (AvgIpc) is 2.79. The van der Waals surface area contributed by atoms with Gasteiger partial charge < -0.3 is 16.0 Å². The average molecular weight is 294 g/mol. The maximum absolute atomic E-state index is 13.0. The van der Waals surface area contributed by atoms with Gasteiger partial charge in [0.15, 0.2) is 0 Å². The number of carbonyl (C=O) groups excluding carboxylic acids is 1. The molecule has 6 heteroatoms. The van der Waals surface area contributed by atoms with Crippen LogP contribution in [0.15, 0.2) is 18.2 Å². The number of carbonyl (C=O) groups is 1. The number of rotatable bonds is 5. The van der Waals surface area contributed by atoms with Crippen LogP contribution in [0.2, 0.25) is 0 Å². The maximum atomic E-state index is 13.0. The highest BCUT2D eigenvalue weighted by atomic mass is 19.1. The van der Waals surface area contributed by atoms with Gasteiger partial charge in [0.05, 0.1) is 17.9 Å². The summed E-state index contributed by atoms with van der Waals surface area (Å²) in [7, 11) is 4.07. The number of hydrogen-bond acceptors (Lipinski definition) is 4. The molecule has 1 fully saturated rings. The Morgan fingerprint density at radius 2 is 2.29 bits per heavy atom. The normalized spacial score (nSPS) is 19.1. The van der Waals surface area contributed by atoms with Crippen LogP contribution in [0.5, 0.6) is 0 Å². The molecule has 1 amide bonds. The molecule has 1 aromatic rings. The number of nitrogens with one attached hydrogen (secondary N) is 1. The van der Waals surface area contributed by atoms with Crippen LogP contribution in [0, 0.1) is 5.82 Å². The zero-order chi connectivity index (χ0) is 15.4. The zero-order valence-electron chi connectivity index (χ0n) is 12.6. The molecule has 1 aromatic carbocycles. The molecule has 0 saturated carbocycles. The molecule has 0 radical (unpaired) electrons. The summed E-state index contributed by atoms with van der Waals surface area (Å²) in [6, 6.07) is 4.40. The first kappa shape index (κ1) is 15.7. The van der Waals surface area contributed by atoms with E-state index in [0.717, 1.165) is 25.9 Å². The summed E-state index contributed by atoms with van der Waals surface area (Å²) in [5.74, 6) is -0.518. The van der Waals surface area contributed by atoms with Crippen LogP contribution < -0.4 is 11.1 Å². The number of hydrogen-bond donors (Lipinski definition) is 2. The molecule has 1 unspecified atom stereocenters. The number of likely N-dealkylation sites (N-methyl/N-ethyl adjacent to an activating group) is 1. The molecule has 3 N–H and O–H groups in total. The Labute approximate surface area is 124 Å². The van der Waals surface area contributed by atoms with E-state index in [1.165, 1.54) is 18.2 Å². The van der Waals surface area contributed by atoms with E-state index in [2.05, 4.69) is 15.1 Å². The van der Waals surface area contributed by atoms with Crippen LogP contribution in [0.25, 0.3) is 0 Å². The van der Waals surface area contributed by atoms with Crippen molar-refractivity contribution in [2.24, 2.45) is 0 Å². The fraction of sp³-hybridized carbons (Fsp3) is 0.533. The molecule has 0 bridgehead atoms. The highest BCUT2D eigenvalue weighted by Crippen LogP contribution is 2.20. The van der Waals surface area contributed by atoms with Gasteiger partial charge in [-0.3, -0.25) is 9.69 Å². The Bertz CT molecular complexity index is 506. The molecule has 0 spiro atoms. The second kappa shape index (κ2) is 6.87. The lowest BCUT2D eigenvalue weighted by molar-refractivity contribution is -0.117. The van der Waals surface area contributed by atoms with Gasteiger partial charge in [-0.05, 0) is 51.7 Å². The monoisotopic (exact) mass is 294 g/mol. The van der Waals surface area contributed by atoms with Gasteiger partial charge in [0.1, 0.15) is 5.82 Å². The molecule has 1 atom stereocenters. The van der Waals surface area contributed by atoms with Crippen molar-refractivity contribution in [1.82, 2.24) is 9.80 Å². The summed E-state index contributed by atoms with van der Waals surface area (Å²) >= 11 is 0. The molecule has 1 heterocycles. The zero-order valence-corrected chi connectivity index (χ0v) is 12.6. The van der Waals surface area contributed by atoms with Crippen LogP contribution in [0.4, 0.5) is 15.8 Å². The Hall–Kier alpha value is -1.66. The molecule has 2 rings (SSSR count). The number of halogens is 1. The standard InChI is InChI=1S/C15H23FN4O/c1-19(2)9-12-4-3-7-20(12)10-15(21)18-14-6-5-11(16)8-13(14)17/h5-6,8,12H,3-4,7,9-10,17H2,1-2H3,(H,18,21). The Morgan fingerprint density at radius 1 is 1.52 bits per heavy atom. The Balaban J connectivity index is 1.92. The summed E-state index contributed by atoms with van der Waals surface area (Å²) in [4.78, 5) is 16.4. The van der Waals surface area contributed by atoms with E-state index in [4.69, 9.17) is 5.73 Å². The van der Waals surface area contributed by atoms with Gasteiger partial charge in [-0.2, -0.15) is 0 Å². The highest BCUT2D eigenvalue weighted by Gasteiger charge is 2.26. The van der Waals surface area contributed by atoms with Crippen molar-refractivity contribution >= 4 is 17.3 Å². The molecule has 5 nitrogen and oxygen atoms in total. The predicted molar refractivity (Wildman–Crippen MR) is 82.6 cm³/mol. The molecule has 0 aliphatic carbocycles. The second-order valence-electron chi connectivity index (χ2n) is 5.81. The van der Waals surface area contributed by atoms with Gasteiger partial charge >= 0.3 is 0 Å². The first-order chi connectivity index (χ1) is 9.95. The van der Waals surface area contributed by atoms with Crippen molar-refractivity contribution in [2.45, 2.75) is 18.9 Å². The number of amides is 1. The van der Waals surface area contributed by atoms with Crippen LogP contribution in [0.3, 0.4) is 0 Å². The molecule has 21 heavy (non-hydrogen) atoms. The first-order valence-electron chi connectivity index (χ1n) is 7.19. The van der Waals surface area contributed by atoms with Gasteiger partial charge in [0.2, 0.25) is 5.91 Å². The van der Waals surface area contributed by atoms with Crippen molar-refractivity contribution in [3.05, 3.63) is 24.0 Å². The summed E-state index contributed by atoms with van der Waals surface area (Å²) in [5, 5.41) is 2.75. The third-order valence-corrected chi connectivity index (χ3v) is 3.71. The minimum Gasteiger partial charge on any atom is -0.397 e. The molecular formula is C15H23FN4O. The molecule has 1 aliphatic rings. The van der Waals surface area contributed by atoms with Crippen LogP contribution in [0.1, 0.15) is 12.8 Å². The summed E-state index contributed by atoms with van der Waals surface area (Å²) < 4.78 is 13.0. The van der Waals surface area contributed by atoms with Gasteiger partial charge in [0, 0.05) is 12.6 Å². The first-order valence-corrected chi connectivity index (χ1v) is 7.19. The van der Waals surface area contributed by atoms with E-state index >= 15 is 0 Å². The fourth-order valence-electron chi connectivity index (χ4n) is 2.75. The van der Waals surface area contributed by atoms with Gasteiger partial charge in [0.25, 0.3) is 0 Å². The van der Waals surface area contributed by atoms with Crippen LogP contribution in [-0.2, 0) is 4.79 Å². The quantitative estimate of drug-likeness (QED) is 0.805. The van der Waals surface area contributed by atoms with Gasteiger partial charge in [-0.15, -0.1) is 0 Å². The van der Waals surface area contributed by atoms with Gasteiger partial charge in [-0.1, -0.05) is 0 Å². The number of anilines is 2. The smallest absolute Gasteiger partial charge is 0.238 e. The van der Waals surface area contributed by atoms with Crippen molar-refractivity contribution in [3.63, 3.8) is 0 Å². The molecule has 1 saturated heterocycles. The lowest BCUT2D eigenvalue weighted by atomic mass is 10.2. The van der Waals surface area contributed by atoms with Crippen molar-refractivity contribution in [3.8, 4) is 0 Å². The SMILES string of the molecule is CN(C)CC1CCCN1CC(=O)Nc1ccc(F)cc1N. The van der Waals surface area contributed by atoms with E-state index < -0.39 is 5.82 Å². The topological polar surface area (TPSA) is 61.6 Å². The third-order valence-electron chi connectivity index (χ3n) is 3.71. The Morgan fingerprint density at radius 3 is 2.95 bits per heavy atom. The maximum Gasteiger partial charge on any atom is 0.238 e. The third kappa shape index (κ3) is 4.41. The summed E-state index contributed by atoms with van der Waals surface area (Å²) in [5.41, 5.74) is 6.40. The fourth-order valence-corrected chi connectivity index (χ4v) is 2.75. The highest BCUT2D eigenvalue weighted by molar-refractivity contribution is 5.95. The number of nitrogens with zero attached hydrogens (tertiary/aromatic N) is 2. The lowest BCUT2D eigenvalue weighted by Gasteiger charge is -2.26. The van der Waals surface area contributed by atoms with E-state index in [9.17, 15) is 9.18 Å². The van der Waals surface area contributed by atoms with E-state index in [1.807, 2.05) is 14.1 Å². The van der Waals surface area contributed by atoms with Crippen molar-refractivity contribution < 1.29 is 9.18 Å². The minimum absolute atomic E-state index is 0.112. The summed E-state index contributed by atoms with van der Waals surface area (Å²) in [6.07, 6.45) is 2.23. The van der Waals surface area contributed by atoms with Crippen LogP contribution in [-0.4, -0.2) is 55.5 Å². The van der Waals surface area contributed by atoms with Crippen molar-refractivity contribution in [2.75, 3.05) is 44.8 Å². The Kier molecular flexibility index (Phi) is 5.14. The molecule has 116 valence electrons. The molecular weight excluding hydrogens is 271 g/mol. The predicted octanol–water partition coefficient (Wildman–Crippen LogP) is 1.37. The number of nitrogens with two attached hydrogens (primary N) is 1. The minimum atomic E-state index is -0.406. The second-order valence-corrected chi connectivity index (χ2v) is 5.81. The van der Waals surface area contributed by atoms with E-state index in [1.54, 1.807) is 0 Å². The van der Waals surface area contributed by atoms with Crippen LogP contribution >= 0.6 is 0 Å². The lowest BCUT2D eigenvalue weighted by Crippen LogP contribution is -2.41. The van der Waals surface area contributed by atoms with Gasteiger partial charge in [-0.25, -0.2) is 4.39 Å². The molecule has 1 aliphatic heterocycles. The summed E-state index contributed by atoms with van der Waals surface area (Å²) in [6.45, 7) is 2.23. The number of likely N-dealkylation sites (tertiary alicyclic amines) is 1. The largest absolute Gasteiger partial charge is 0.397 e. The van der Waals surface area contributed by atoms with E-state index in [0.29, 0.717) is 18.3 Å². The number of nitrogen functional groups attached to an aromatic ring is 1. The van der Waals surface area contributed by atoms with Crippen molar-refractivity contribution in [1.29, 1.82) is 0 Å².